The van der Waals surface area contributed by atoms with E-state index in [-0.39, 0.29) is 0 Å². The van der Waals surface area contributed by atoms with Crippen LogP contribution in [0.5, 0.6) is 0 Å². The Kier molecular flexibility index (Phi) is 8.23. The molecule has 0 saturated carbocycles. The molecular formula is C34H34N2P2. The summed E-state index contributed by atoms with van der Waals surface area (Å²) in [5, 5.41) is 5.49. The van der Waals surface area contributed by atoms with Gasteiger partial charge < -0.3 is 11.5 Å². The van der Waals surface area contributed by atoms with Crippen LogP contribution in [0.25, 0.3) is 0 Å². The number of nitrogens with two attached hydrogens (primary N) is 2. The predicted octanol–water partition coefficient (Wildman–Crippen LogP) is 6.77. The molecule has 0 spiro atoms. The van der Waals surface area contributed by atoms with Crippen molar-refractivity contribution in [2.45, 2.75) is 19.5 Å². The Morgan fingerprint density at radius 2 is 0.895 bits per heavy atom. The highest BCUT2D eigenvalue weighted by Gasteiger charge is 2.30. The van der Waals surface area contributed by atoms with E-state index in [1.54, 1.807) is 0 Å². The lowest BCUT2D eigenvalue weighted by Crippen LogP contribution is -2.23. The van der Waals surface area contributed by atoms with Crippen molar-refractivity contribution in [1.29, 1.82) is 0 Å². The van der Waals surface area contributed by atoms with E-state index in [1.165, 1.54) is 37.9 Å². The topological polar surface area (TPSA) is 52.0 Å². The highest BCUT2D eigenvalue weighted by Crippen LogP contribution is 2.55. The molecule has 0 aliphatic rings. The van der Waals surface area contributed by atoms with Crippen molar-refractivity contribution in [3.63, 3.8) is 0 Å². The molecule has 0 aromatic heterocycles. The summed E-state index contributed by atoms with van der Waals surface area (Å²) in [6.07, 6.45) is 1.05. The van der Waals surface area contributed by atoms with Crippen LogP contribution in [0.2, 0.25) is 0 Å². The van der Waals surface area contributed by atoms with Gasteiger partial charge in [0, 0.05) is 17.0 Å². The molecule has 0 aliphatic carbocycles. The number of nitrogen functional groups attached to an aromatic ring is 2. The second-order valence-corrected chi connectivity index (χ2v) is 14.4. The van der Waals surface area contributed by atoms with E-state index in [2.05, 4.69) is 117 Å². The lowest BCUT2D eigenvalue weighted by Gasteiger charge is -2.33. The molecule has 5 rings (SSSR count). The van der Waals surface area contributed by atoms with Gasteiger partial charge in [-0.2, -0.15) is 0 Å². The Morgan fingerprint density at radius 1 is 0.500 bits per heavy atom. The summed E-state index contributed by atoms with van der Waals surface area (Å²) in [7, 11) is -1.33. The predicted molar refractivity (Wildman–Crippen MR) is 170 cm³/mol. The van der Waals surface area contributed by atoms with Gasteiger partial charge in [0.2, 0.25) is 0 Å². The third-order valence-corrected chi connectivity index (χ3v) is 12.6. The first kappa shape index (κ1) is 26.2. The Balaban J connectivity index is 1.67. The van der Waals surface area contributed by atoms with Crippen molar-refractivity contribution in [2.75, 3.05) is 17.6 Å². The zero-order valence-electron chi connectivity index (χ0n) is 22.0. The minimum Gasteiger partial charge on any atom is -0.399 e. The van der Waals surface area contributed by atoms with Crippen LogP contribution in [0, 0.1) is 13.8 Å². The summed E-state index contributed by atoms with van der Waals surface area (Å²) in [5.74, 6) is 0. The van der Waals surface area contributed by atoms with Gasteiger partial charge in [-0.1, -0.05) is 114 Å². The quantitative estimate of drug-likeness (QED) is 0.171. The molecule has 0 heterocycles. The molecule has 38 heavy (non-hydrogen) atoms. The van der Waals surface area contributed by atoms with Crippen molar-refractivity contribution < 1.29 is 0 Å². The van der Waals surface area contributed by atoms with E-state index in [0.29, 0.717) is 5.66 Å². The maximum atomic E-state index is 6.12. The number of hydrogen-bond acceptors (Lipinski definition) is 2. The zero-order chi connectivity index (χ0) is 26.5. The van der Waals surface area contributed by atoms with Gasteiger partial charge in [0.05, 0.1) is 0 Å². The molecule has 0 fully saturated rings. The molecule has 5 aromatic rings. The molecule has 5 aromatic carbocycles. The fourth-order valence-corrected chi connectivity index (χ4v) is 10.6. The van der Waals surface area contributed by atoms with Gasteiger partial charge in [0.15, 0.2) is 0 Å². The molecule has 190 valence electrons. The van der Waals surface area contributed by atoms with E-state index in [0.717, 1.165) is 17.5 Å². The molecule has 1 atom stereocenters. The third kappa shape index (κ3) is 6.16. The van der Waals surface area contributed by atoms with Gasteiger partial charge in [-0.3, -0.25) is 0 Å². The fraction of sp³-hybridized carbons (Fsp3) is 0.118. The standard InChI is InChI=1S/C34H34N2P2/c1-25-8-16-30(17-9-25)37(31-18-10-26(2)11-19-31)24-34(27-6-4-3-5-7-27)38(32-20-12-28(35)13-21-32)33-22-14-29(36)15-23-33/h3-23,34H,24,35-36H2,1-2H3. The van der Waals surface area contributed by atoms with Crippen molar-refractivity contribution in [1.82, 2.24) is 0 Å². The van der Waals surface area contributed by atoms with Crippen molar-refractivity contribution in [3.8, 4) is 0 Å². The Bertz CT molecular complexity index is 1360. The second kappa shape index (κ2) is 12.0. The average Bonchev–Trinajstić information content (AvgIpc) is 2.94. The van der Waals surface area contributed by atoms with Crippen molar-refractivity contribution in [3.05, 3.63) is 144 Å². The van der Waals surface area contributed by atoms with Gasteiger partial charge in [0.25, 0.3) is 0 Å². The van der Waals surface area contributed by atoms with Gasteiger partial charge >= 0.3 is 0 Å². The monoisotopic (exact) mass is 532 g/mol. The minimum atomic E-state index is -0.736. The Hall–Kier alpha value is -3.44. The number of anilines is 2. The maximum Gasteiger partial charge on any atom is 0.0314 e. The number of rotatable bonds is 8. The van der Waals surface area contributed by atoms with E-state index in [4.69, 9.17) is 11.5 Å². The first-order valence-corrected chi connectivity index (χ1v) is 15.9. The first-order chi connectivity index (χ1) is 18.5. The smallest absolute Gasteiger partial charge is 0.0314 e. The molecule has 2 nitrogen and oxygen atoms in total. The summed E-state index contributed by atoms with van der Waals surface area (Å²) < 4.78 is 0. The third-order valence-electron chi connectivity index (χ3n) is 6.89. The van der Waals surface area contributed by atoms with Crippen LogP contribution in [0.3, 0.4) is 0 Å². The molecule has 4 heteroatoms. The normalized spacial score (nSPS) is 12.1. The van der Waals surface area contributed by atoms with Crippen LogP contribution in [0.15, 0.2) is 127 Å². The number of benzene rings is 5. The largest absolute Gasteiger partial charge is 0.399 e. The molecule has 0 radical (unpaired) electrons. The molecular weight excluding hydrogens is 498 g/mol. The molecule has 0 amide bonds. The fourth-order valence-electron chi connectivity index (χ4n) is 4.77. The Labute approximate surface area is 229 Å². The van der Waals surface area contributed by atoms with Crippen molar-refractivity contribution in [2.24, 2.45) is 0 Å². The second-order valence-electron chi connectivity index (χ2n) is 9.76. The number of aryl methyl sites for hydroxylation is 2. The van der Waals surface area contributed by atoms with Gasteiger partial charge in [-0.05, 0) is 86.9 Å². The summed E-state index contributed by atoms with van der Waals surface area (Å²) in [6, 6.07) is 46.4. The average molecular weight is 533 g/mol. The highest BCUT2D eigenvalue weighted by molar-refractivity contribution is 7.76. The molecule has 0 bridgehead atoms. The van der Waals surface area contributed by atoms with Crippen LogP contribution >= 0.6 is 15.8 Å². The molecule has 4 N–H and O–H groups in total. The van der Waals surface area contributed by atoms with Gasteiger partial charge in [0.1, 0.15) is 0 Å². The van der Waals surface area contributed by atoms with Crippen LogP contribution < -0.4 is 32.7 Å². The van der Waals surface area contributed by atoms with Gasteiger partial charge in [-0.25, -0.2) is 0 Å². The highest BCUT2D eigenvalue weighted by atomic mass is 31.1. The molecule has 1 unspecified atom stereocenters. The van der Waals surface area contributed by atoms with Crippen LogP contribution in [0.4, 0.5) is 11.4 Å². The Morgan fingerprint density at radius 3 is 1.32 bits per heavy atom. The van der Waals surface area contributed by atoms with Crippen LogP contribution in [0.1, 0.15) is 22.3 Å². The summed E-state index contributed by atoms with van der Waals surface area (Å²) in [4.78, 5) is 0. The van der Waals surface area contributed by atoms with E-state index < -0.39 is 15.8 Å². The van der Waals surface area contributed by atoms with E-state index in [9.17, 15) is 0 Å². The summed E-state index contributed by atoms with van der Waals surface area (Å²) in [5.41, 5.74) is 18.1. The van der Waals surface area contributed by atoms with Crippen LogP contribution in [-0.2, 0) is 0 Å². The first-order valence-electron chi connectivity index (χ1n) is 12.9. The van der Waals surface area contributed by atoms with E-state index >= 15 is 0 Å². The van der Waals surface area contributed by atoms with Gasteiger partial charge in [-0.15, -0.1) is 0 Å². The zero-order valence-corrected chi connectivity index (χ0v) is 23.7. The van der Waals surface area contributed by atoms with E-state index in [1.807, 2.05) is 24.3 Å². The molecule has 0 saturated heterocycles. The minimum absolute atomic E-state index is 0.312. The number of hydrogen-bond donors (Lipinski definition) is 2. The lowest BCUT2D eigenvalue weighted by atomic mass is 10.2. The maximum absolute atomic E-state index is 6.12. The summed E-state index contributed by atoms with van der Waals surface area (Å²) in [6.45, 7) is 4.32. The van der Waals surface area contributed by atoms with Crippen molar-refractivity contribution >= 4 is 48.4 Å². The SMILES string of the molecule is Cc1ccc(P(CC(c2ccccc2)P(c2ccc(N)cc2)c2ccc(N)cc2)c2ccc(C)cc2)cc1. The molecule has 0 aliphatic heterocycles. The summed E-state index contributed by atoms with van der Waals surface area (Å²) >= 11 is 0. The lowest BCUT2D eigenvalue weighted by molar-refractivity contribution is 1.10. The van der Waals surface area contributed by atoms with Crippen LogP contribution in [-0.4, -0.2) is 6.16 Å².